The van der Waals surface area contributed by atoms with Gasteiger partial charge in [0.25, 0.3) is 0 Å². The molecular formula is C15H29NOSi. The molecule has 0 fully saturated rings. The van der Waals surface area contributed by atoms with Crippen molar-refractivity contribution < 1.29 is 4.43 Å². The zero-order valence-electron chi connectivity index (χ0n) is 13.0. The van der Waals surface area contributed by atoms with Crippen LogP contribution in [-0.2, 0) is 4.43 Å². The highest BCUT2D eigenvalue weighted by Crippen LogP contribution is 2.38. The number of hydrogen-bond acceptors (Lipinski definition) is 2. The molecular weight excluding hydrogens is 238 g/mol. The second-order valence-electron chi connectivity index (χ2n) is 6.75. The van der Waals surface area contributed by atoms with Gasteiger partial charge < -0.3 is 9.74 Å². The molecule has 0 bridgehead atoms. The lowest BCUT2D eigenvalue weighted by molar-refractivity contribution is 0.156. The molecule has 0 aromatic heterocycles. The van der Waals surface area contributed by atoms with Gasteiger partial charge in [0.15, 0.2) is 8.32 Å². The minimum absolute atomic E-state index is 0.283. The Hall–Kier alpha value is -0.543. The number of nitrogens with one attached hydrogen (secondary N) is 1. The Morgan fingerprint density at radius 3 is 2.39 bits per heavy atom. The first-order valence-electron chi connectivity index (χ1n) is 6.91. The molecule has 1 rings (SSSR count). The van der Waals surface area contributed by atoms with E-state index in [2.05, 4.69) is 64.3 Å². The summed E-state index contributed by atoms with van der Waals surface area (Å²) in [6.07, 6.45) is 8.08. The first-order chi connectivity index (χ1) is 8.17. The standard InChI is InChI=1S/C15H29NOSi/c1-12(17-18(6,7)15(2,3)4)13-8-10-14(16-5)11-9-13/h8,10-13,16H,9H2,1-7H3. The zero-order valence-corrected chi connectivity index (χ0v) is 14.0. The number of likely N-dealkylation sites (N-methyl/N-ethyl adjacent to an activating group) is 1. The smallest absolute Gasteiger partial charge is 0.192 e. The Morgan fingerprint density at radius 1 is 1.39 bits per heavy atom. The van der Waals surface area contributed by atoms with Gasteiger partial charge in [0, 0.05) is 24.8 Å². The SMILES string of the molecule is CNC1=CCC(C(C)O[Si](C)(C)C(C)(C)C)C=C1. The largest absolute Gasteiger partial charge is 0.414 e. The molecule has 1 aliphatic rings. The van der Waals surface area contributed by atoms with Crippen LogP contribution in [0, 0.1) is 5.92 Å². The van der Waals surface area contributed by atoms with Gasteiger partial charge in [-0.25, -0.2) is 0 Å². The summed E-state index contributed by atoms with van der Waals surface area (Å²) < 4.78 is 6.45. The van der Waals surface area contributed by atoms with E-state index in [0.29, 0.717) is 12.0 Å². The summed E-state index contributed by atoms with van der Waals surface area (Å²) in [5, 5.41) is 3.46. The van der Waals surface area contributed by atoms with Crippen LogP contribution >= 0.6 is 0 Å². The van der Waals surface area contributed by atoms with E-state index < -0.39 is 8.32 Å². The van der Waals surface area contributed by atoms with Crippen molar-refractivity contribution in [2.75, 3.05) is 7.05 Å². The van der Waals surface area contributed by atoms with Crippen LogP contribution in [0.1, 0.15) is 34.1 Å². The summed E-state index contributed by atoms with van der Waals surface area (Å²) in [5.41, 5.74) is 1.21. The minimum atomic E-state index is -1.65. The third-order valence-electron chi connectivity index (χ3n) is 4.31. The van der Waals surface area contributed by atoms with Crippen molar-refractivity contribution in [1.82, 2.24) is 5.32 Å². The lowest BCUT2D eigenvalue weighted by atomic mass is 9.95. The third-order valence-corrected chi connectivity index (χ3v) is 8.88. The monoisotopic (exact) mass is 267 g/mol. The number of rotatable bonds is 4. The zero-order chi connectivity index (χ0) is 14.0. The molecule has 0 aliphatic heterocycles. The summed E-state index contributed by atoms with van der Waals surface area (Å²) >= 11 is 0. The van der Waals surface area contributed by atoms with Crippen molar-refractivity contribution in [3.8, 4) is 0 Å². The molecule has 1 aliphatic carbocycles. The van der Waals surface area contributed by atoms with E-state index in [9.17, 15) is 0 Å². The first kappa shape index (κ1) is 15.5. The minimum Gasteiger partial charge on any atom is -0.414 e. The molecule has 0 aromatic carbocycles. The lowest BCUT2D eigenvalue weighted by Gasteiger charge is -2.40. The molecule has 0 aromatic rings. The van der Waals surface area contributed by atoms with Crippen LogP contribution in [0.2, 0.25) is 18.1 Å². The van der Waals surface area contributed by atoms with Crippen molar-refractivity contribution in [3.63, 3.8) is 0 Å². The first-order valence-corrected chi connectivity index (χ1v) is 9.82. The Labute approximate surface area is 114 Å². The van der Waals surface area contributed by atoms with Crippen LogP contribution in [0.5, 0.6) is 0 Å². The van der Waals surface area contributed by atoms with Gasteiger partial charge in [-0.15, -0.1) is 0 Å². The summed E-state index contributed by atoms with van der Waals surface area (Å²) in [7, 11) is 0.317. The molecule has 18 heavy (non-hydrogen) atoms. The summed E-state index contributed by atoms with van der Waals surface area (Å²) in [6.45, 7) is 13.7. The highest BCUT2D eigenvalue weighted by Gasteiger charge is 2.39. The van der Waals surface area contributed by atoms with Gasteiger partial charge in [0.1, 0.15) is 0 Å². The van der Waals surface area contributed by atoms with E-state index in [0.717, 1.165) is 6.42 Å². The molecule has 0 radical (unpaired) electrons. The van der Waals surface area contributed by atoms with Crippen molar-refractivity contribution >= 4 is 8.32 Å². The summed E-state index contributed by atoms with van der Waals surface area (Å²) in [6, 6.07) is 0. The molecule has 2 atom stereocenters. The second kappa shape index (κ2) is 5.62. The van der Waals surface area contributed by atoms with E-state index in [4.69, 9.17) is 4.43 Å². The van der Waals surface area contributed by atoms with E-state index in [1.54, 1.807) is 0 Å². The summed E-state index contributed by atoms with van der Waals surface area (Å²) in [5.74, 6) is 0.510. The van der Waals surface area contributed by atoms with Crippen LogP contribution in [0.3, 0.4) is 0 Å². The number of hydrogen-bond donors (Lipinski definition) is 1. The van der Waals surface area contributed by atoms with Gasteiger partial charge in [0.05, 0.1) is 0 Å². The van der Waals surface area contributed by atoms with Crippen molar-refractivity contribution in [2.24, 2.45) is 5.92 Å². The molecule has 104 valence electrons. The van der Waals surface area contributed by atoms with Crippen molar-refractivity contribution in [2.45, 2.75) is 58.4 Å². The third kappa shape index (κ3) is 3.72. The normalized spacial score (nSPS) is 22.6. The van der Waals surface area contributed by atoms with Gasteiger partial charge in [0.2, 0.25) is 0 Å². The van der Waals surface area contributed by atoms with Gasteiger partial charge >= 0.3 is 0 Å². The highest BCUT2D eigenvalue weighted by atomic mass is 28.4. The van der Waals surface area contributed by atoms with E-state index >= 15 is 0 Å². The average molecular weight is 267 g/mol. The predicted octanol–water partition coefficient (Wildman–Crippen LogP) is 4.08. The second-order valence-corrected chi connectivity index (χ2v) is 11.5. The maximum atomic E-state index is 6.45. The van der Waals surface area contributed by atoms with Crippen LogP contribution in [0.15, 0.2) is 23.9 Å². The quantitative estimate of drug-likeness (QED) is 0.775. The fourth-order valence-electron chi connectivity index (χ4n) is 1.90. The molecule has 0 amide bonds. The van der Waals surface area contributed by atoms with Crippen LogP contribution < -0.4 is 5.32 Å². The molecule has 0 heterocycles. The number of allylic oxidation sites excluding steroid dienone is 2. The van der Waals surface area contributed by atoms with E-state index in [1.807, 2.05) is 7.05 Å². The molecule has 3 heteroatoms. The van der Waals surface area contributed by atoms with Crippen LogP contribution in [-0.4, -0.2) is 21.5 Å². The van der Waals surface area contributed by atoms with E-state index in [-0.39, 0.29) is 5.04 Å². The van der Waals surface area contributed by atoms with Gasteiger partial charge in [-0.1, -0.05) is 32.9 Å². The molecule has 0 spiro atoms. The predicted molar refractivity (Wildman–Crippen MR) is 82.1 cm³/mol. The van der Waals surface area contributed by atoms with Crippen LogP contribution in [0.4, 0.5) is 0 Å². The van der Waals surface area contributed by atoms with Crippen molar-refractivity contribution in [3.05, 3.63) is 23.9 Å². The Balaban J connectivity index is 2.61. The maximum Gasteiger partial charge on any atom is 0.192 e. The molecule has 1 N–H and O–H groups in total. The van der Waals surface area contributed by atoms with Crippen molar-refractivity contribution in [1.29, 1.82) is 0 Å². The van der Waals surface area contributed by atoms with E-state index in [1.165, 1.54) is 5.70 Å². The van der Waals surface area contributed by atoms with Gasteiger partial charge in [-0.2, -0.15) is 0 Å². The van der Waals surface area contributed by atoms with Gasteiger partial charge in [-0.05, 0) is 37.6 Å². The fourth-order valence-corrected chi connectivity index (χ4v) is 3.36. The Bertz CT molecular complexity index is 339. The summed E-state index contributed by atoms with van der Waals surface area (Å²) in [4.78, 5) is 0. The lowest BCUT2D eigenvalue weighted by Crippen LogP contribution is -2.44. The fraction of sp³-hybridized carbons (Fsp3) is 0.733. The van der Waals surface area contributed by atoms with Gasteiger partial charge in [-0.3, -0.25) is 0 Å². The molecule has 0 saturated heterocycles. The Morgan fingerprint density at radius 2 is 2.00 bits per heavy atom. The topological polar surface area (TPSA) is 21.3 Å². The van der Waals surface area contributed by atoms with Crippen LogP contribution in [0.25, 0.3) is 0 Å². The molecule has 2 unspecified atom stereocenters. The maximum absolute atomic E-state index is 6.45. The average Bonchev–Trinajstić information content (AvgIpc) is 2.27. The Kier molecular flexibility index (Phi) is 4.84. The molecule has 0 saturated carbocycles. The highest BCUT2D eigenvalue weighted by molar-refractivity contribution is 6.74. The molecule has 2 nitrogen and oxygen atoms in total.